The smallest absolute Gasteiger partial charge is 0.125 e. The van der Waals surface area contributed by atoms with Gasteiger partial charge in [-0.3, -0.25) is 0 Å². The van der Waals surface area contributed by atoms with Crippen molar-refractivity contribution in [1.82, 2.24) is 5.32 Å². The van der Waals surface area contributed by atoms with Crippen LogP contribution in [0.15, 0.2) is 16.6 Å². The first-order valence-corrected chi connectivity index (χ1v) is 8.86. The fraction of sp³-hybridized carbons (Fsp3) is 0.647. The molecule has 0 aliphatic carbocycles. The molecule has 116 valence electrons. The molecule has 1 fully saturated rings. The number of hydrogen-bond acceptors (Lipinski definition) is 3. The Morgan fingerprint density at radius 3 is 3.00 bits per heavy atom. The second kappa shape index (κ2) is 7.12. The number of rotatable bonds is 5. The fourth-order valence-corrected chi connectivity index (χ4v) is 3.97. The summed E-state index contributed by atoms with van der Waals surface area (Å²) in [6.07, 6.45) is 5.96. The Hall–Kier alpha value is -0.580. The van der Waals surface area contributed by atoms with E-state index >= 15 is 0 Å². The number of halogens is 1. The van der Waals surface area contributed by atoms with Crippen molar-refractivity contribution >= 4 is 15.9 Å². The van der Waals surface area contributed by atoms with Crippen molar-refractivity contribution in [2.45, 2.75) is 51.2 Å². The lowest BCUT2D eigenvalue weighted by atomic mass is 9.94. The maximum Gasteiger partial charge on any atom is 0.125 e. The molecule has 0 bridgehead atoms. The lowest BCUT2D eigenvalue weighted by Gasteiger charge is -2.31. The van der Waals surface area contributed by atoms with E-state index in [2.05, 4.69) is 40.3 Å². The number of benzene rings is 1. The zero-order valence-electron chi connectivity index (χ0n) is 12.7. The molecule has 0 saturated carbocycles. The van der Waals surface area contributed by atoms with E-state index in [0.29, 0.717) is 12.1 Å². The van der Waals surface area contributed by atoms with Gasteiger partial charge in [0.2, 0.25) is 0 Å². The first kappa shape index (κ1) is 15.3. The zero-order chi connectivity index (χ0) is 14.7. The van der Waals surface area contributed by atoms with Crippen molar-refractivity contribution in [3.05, 3.63) is 27.7 Å². The predicted octanol–water partition coefficient (Wildman–Crippen LogP) is 3.47. The summed E-state index contributed by atoms with van der Waals surface area (Å²) >= 11 is 3.63. The van der Waals surface area contributed by atoms with Crippen LogP contribution in [0.2, 0.25) is 0 Å². The van der Waals surface area contributed by atoms with Crippen molar-refractivity contribution in [2.24, 2.45) is 0 Å². The van der Waals surface area contributed by atoms with Gasteiger partial charge in [0.1, 0.15) is 5.75 Å². The van der Waals surface area contributed by atoms with Crippen LogP contribution in [-0.2, 0) is 17.6 Å². The van der Waals surface area contributed by atoms with Gasteiger partial charge in [-0.1, -0.05) is 22.9 Å². The number of hydrogen-bond donors (Lipinski definition) is 1. The highest BCUT2D eigenvalue weighted by Crippen LogP contribution is 2.34. The van der Waals surface area contributed by atoms with Crippen LogP contribution in [0.25, 0.3) is 0 Å². The third-order valence-corrected chi connectivity index (χ3v) is 4.85. The summed E-state index contributed by atoms with van der Waals surface area (Å²) in [5, 5.41) is 3.62. The van der Waals surface area contributed by atoms with Crippen molar-refractivity contribution in [1.29, 1.82) is 0 Å². The highest BCUT2D eigenvalue weighted by Gasteiger charge is 2.26. The minimum absolute atomic E-state index is 0.328. The van der Waals surface area contributed by atoms with E-state index in [4.69, 9.17) is 9.47 Å². The molecule has 2 unspecified atom stereocenters. The molecule has 1 aromatic rings. The van der Waals surface area contributed by atoms with Gasteiger partial charge in [0.25, 0.3) is 0 Å². The molecule has 1 saturated heterocycles. The molecule has 0 spiro atoms. The Bertz CT molecular complexity index is 486. The minimum atomic E-state index is 0.328. The standard InChI is InChI=1S/C17H24BrNO2/c1-2-19-15(16-5-3-4-7-20-16)11-13-10-14(18)9-12-6-8-21-17(12)13/h9-10,15-16,19H,2-8,11H2,1H3. The first-order valence-electron chi connectivity index (χ1n) is 8.07. The summed E-state index contributed by atoms with van der Waals surface area (Å²) in [7, 11) is 0. The molecule has 2 aliphatic rings. The third-order valence-electron chi connectivity index (χ3n) is 4.40. The molecule has 3 rings (SSSR count). The Balaban J connectivity index is 1.79. The SMILES string of the molecule is CCNC(Cc1cc(Br)cc2c1OCC2)C1CCCCO1. The lowest BCUT2D eigenvalue weighted by Crippen LogP contribution is -2.44. The summed E-state index contributed by atoms with van der Waals surface area (Å²) in [4.78, 5) is 0. The summed E-state index contributed by atoms with van der Waals surface area (Å²) < 4.78 is 13.0. The molecular weight excluding hydrogens is 330 g/mol. The van der Waals surface area contributed by atoms with E-state index in [0.717, 1.165) is 49.2 Å². The molecule has 21 heavy (non-hydrogen) atoms. The molecule has 3 nitrogen and oxygen atoms in total. The number of nitrogens with one attached hydrogen (secondary N) is 1. The Kier molecular flexibility index (Phi) is 5.19. The summed E-state index contributed by atoms with van der Waals surface area (Å²) in [5.74, 6) is 1.11. The predicted molar refractivity (Wildman–Crippen MR) is 88.1 cm³/mol. The highest BCUT2D eigenvalue weighted by molar-refractivity contribution is 9.10. The monoisotopic (exact) mass is 353 g/mol. The normalized spacial score (nSPS) is 22.7. The molecule has 2 atom stereocenters. The van der Waals surface area contributed by atoms with Crippen molar-refractivity contribution in [3.63, 3.8) is 0 Å². The lowest BCUT2D eigenvalue weighted by molar-refractivity contribution is -0.00718. The second-order valence-electron chi connectivity index (χ2n) is 5.92. The molecule has 2 heterocycles. The van der Waals surface area contributed by atoms with Crippen LogP contribution in [0, 0.1) is 0 Å². The second-order valence-corrected chi connectivity index (χ2v) is 6.84. The van der Waals surface area contributed by atoms with Gasteiger partial charge in [0.15, 0.2) is 0 Å². The Morgan fingerprint density at radius 1 is 1.33 bits per heavy atom. The molecule has 1 N–H and O–H groups in total. The van der Waals surface area contributed by atoms with Crippen LogP contribution in [0.1, 0.15) is 37.3 Å². The first-order chi connectivity index (χ1) is 10.3. The average molecular weight is 354 g/mol. The molecular formula is C17H24BrNO2. The maximum absolute atomic E-state index is 6.00. The quantitative estimate of drug-likeness (QED) is 0.878. The van der Waals surface area contributed by atoms with Gasteiger partial charge < -0.3 is 14.8 Å². The fourth-order valence-electron chi connectivity index (χ4n) is 3.41. The van der Waals surface area contributed by atoms with Gasteiger partial charge in [-0.25, -0.2) is 0 Å². The van der Waals surface area contributed by atoms with Crippen LogP contribution in [0.4, 0.5) is 0 Å². The number of ether oxygens (including phenoxy) is 2. The van der Waals surface area contributed by atoms with E-state index in [1.54, 1.807) is 0 Å². The molecule has 4 heteroatoms. The van der Waals surface area contributed by atoms with Gasteiger partial charge in [-0.2, -0.15) is 0 Å². The largest absolute Gasteiger partial charge is 0.493 e. The van der Waals surface area contributed by atoms with E-state index < -0.39 is 0 Å². The van der Waals surface area contributed by atoms with Gasteiger partial charge >= 0.3 is 0 Å². The summed E-state index contributed by atoms with van der Waals surface area (Å²) in [5.41, 5.74) is 2.64. The van der Waals surface area contributed by atoms with Crippen LogP contribution in [0.5, 0.6) is 5.75 Å². The molecule has 2 aliphatic heterocycles. The van der Waals surface area contributed by atoms with E-state index in [-0.39, 0.29) is 0 Å². The van der Waals surface area contributed by atoms with Gasteiger partial charge in [-0.15, -0.1) is 0 Å². The maximum atomic E-state index is 6.00. The molecule has 0 amide bonds. The van der Waals surface area contributed by atoms with E-state index in [1.807, 2.05) is 0 Å². The Morgan fingerprint density at radius 2 is 2.24 bits per heavy atom. The van der Waals surface area contributed by atoms with Gasteiger partial charge in [0, 0.05) is 23.5 Å². The van der Waals surface area contributed by atoms with Gasteiger partial charge in [0.05, 0.1) is 12.7 Å². The zero-order valence-corrected chi connectivity index (χ0v) is 14.2. The third kappa shape index (κ3) is 3.61. The Labute approximate surface area is 135 Å². The highest BCUT2D eigenvalue weighted by atomic mass is 79.9. The molecule has 0 aromatic heterocycles. The van der Waals surface area contributed by atoms with E-state index in [9.17, 15) is 0 Å². The summed E-state index contributed by atoms with van der Waals surface area (Å²) in [6, 6.07) is 4.76. The van der Waals surface area contributed by atoms with Crippen molar-refractivity contribution in [3.8, 4) is 5.75 Å². The number of likely N-dealkylation sites (N-methyl/N-ethyl adjacent to an activating group) is 1. The van der Waals surface area contributed by atoms with Gasteiger partial charge in [-0.05, 0) is 55.5 Å². The van der Waals surface area contributed by atoms with Crippen molar-refractivity contribution in [2.75, 3.05) is 19.8 Å². The van der Waals surface area contributed by atoms with Crippen LogP contribution in [0.3, 0.4) is 0 Å². The average Bonchev–Trinajstić information content (AvgIpc) is 2.96. The van der Waals surface area contributed by atoms with Crippen molar-refractivity contribution < 1.29 is 9.47 Å². The summed E-state index contributed by atoms with van der Waals surface area (Å²) in [6.45, 7) is 4.85. The number of fused-ring (bicyclic) bond motifs is 1. The molecule has 1 aromatic carbocycles. The van der Waals surface area contributed by atoms with Crippen LogP contribution < -0.4 is 10.1 Å². The topological polar surface area (TPSA) is 30.5 Å². The molecule has 0 radical (unpaired) electrons. The minimum Gasteiger partial charge on any atom is -0.493 e. The van der Waals surface area contributed by atoms with Crippen LogP contribution in [-0.4, -0.2) is 31.9 Å². The van der Waals surface area contributed by atoms with E-state index in [1.165, 1.54) is 24.0 Å². The van der Waals surface area contributed by atoms with Crippen LogP contribution >= 0.6 is 15.9 Å².